The molecule has 2 fully saturated rings. The smallest absolute Gasteiger partial charge is 0.320 e. The molecule has 1 unspecified atom stereocenters. The van der Waals surface area contributed by atoms with Gasteiger partial charge in [-0.3, -0.25) is 4.79 Å². The molecule has 2 heterocycles. The van der Waals surface area contributed by atoms with Crippen molar-refractivity contribution in [1.82, 2.24) is 14.7 Å². The Labute approximate surface area is 101 Å². The summed E-state index contributed by atoms with van der Waals surface area (Å²) in [6.45, 7) is 5.22. The number of hydrogen-bond donors (Lipinski definition) is 1. The van der Waals surface area contributed by atoms with Crippen molar-refractivity contribution in [1.29, 1.82) is 0 Å². The zero-order chi connectivity index (χ0) is 12.6. The number of carboxylic acid groups (broad SMARTS) is 1. The Morgan fingerprint density at radius 2 is 1.82 bits per heavy atom. The summed E-state index contributed by atoms with van der Waals surface area (Å²) in [6, 6.07) is 0.188. The molecular weight excluding hydrogens is 222 g/mol. The van der Waals surface area contributed by atoms with E-state index in [1.807, 2.05) is 18.9 Å². The minimum Gasteiger partial charge on any atom is -0.481 e. The zero-order valence-electron chi connectivity index (χ0n) is 10.3. The normalized spacial score (nSPS) is 26.8. The Bertz CT molecular complexity index is 328. The Morgan fingerprint density at radius 1 is 1.18 bits per heavy atom. The molecule has 2 rings (SSSR count). The fourth-order valence-corrected chi connectivity index (χ4v) is 2.40. The topological polar surface area (TPSA) is 64.1 Å². The number of rotatable bonds is 1. The average molecular weight is 241 g/mol. The number of likely N-dealkylation sites (N-methyl/N-ethyl adjacent to an activating group) is 1. The molecule has 0 bridgehead atoms. The average Bonchev–Trinajstić information content (AvgIpc) is 2.13. The highest BCUT2D eigenvalue weighted by Crippen LogP contribution is 2.20. The van der Waals surface area contributed by atoms with Gasteiger partial charge < -0.3 is 19.8 Å². The maximum absolute atomic E-state index is 12.1. The highest BCUT2D eigenvalue weighted by molar-refractivity contribution is 5.80. The first-order valence-electron chi connectivity index (χ1n) is 5.96. The van der Waals surface area contributed by atoms with Gasteiger partial charge in [0, 0.05) is 38.8 Å². The molecular formula is C11H19N3O3. The highest BCUT2D eigenvalue weighted by atomic mass is 16.4. The van der Waals surface area contributed by atoms with E-state index in [2.05, 4.69) is 4.90 Å². The Balaban J connectivity index is 1.87. The fraction of sp³-hybridized carbons (Fsp3) is 0.818. The third-order valence-electron chi connectivity index (χ3n) is 3.58. The van der Waals surface area contributed by atoms with Crippen molar-refractivity contribution in [2.45, 2.75) is 13.0 Å². The second kappa shape index (κ2) is 4.52. The third kappa shape index (κ3) is 2.36. The minimum atomic E-state index is -0.805. The number of carboxylic acids is 1. The van der Waals surface area contributed by atoms with Gasteiger partial charge in [0.05, 0.1) is 5.92 Å². The van der Waals surface area contributed by atoms with Crippen molar-refractivity contribution in [3.8, 4) is 0 Å². The van der Waals surface area contributed by atoms with Gasteiger partial charge in [-0.15, -0.1) is 0 Å². The van der Waals surface area contributed by atoms with Crippen molar-refractivity contribution in [2.24, 2.45) is 5.92 Å². The van der Waals surface area contributed by atoms with Crippen LogP contribution in [0, 0.1) is 5.92 Å². The summed E-state index contributed by atoms with van der Waals surface area (Å²) >= 11 is 0. The highest BCUT2D eigenvalue weighted by Gasteiger charge is 2.39. The predicted octanol–water partition coefficient (Wildman–Crippen LogP) is -0.241. The van der Waals surface area contributed by atoms with Crippen LogP contribution in [0.15, 0.2) is 0 Å². The number of hydrogen-bond acceptors (Lipinski definition) is 3. The number of piperazine rings is 1. The van der Waals surface area contributed by atoms with Crippen LogP contribution in [-0.4, -0.2) is 77.6 Å². The molecule has 2 aliphatic heterocycles. The van der Waals surface area contributed by atoms with E-state index in [9.17, 15) is 9.59 Å². The van der Waals surface area contributed by atoms with Gasteiger partial charge in [0.25, 0.3) is 0 Å². The van der Waals surface area contributed by atoms with Gasteiger partial charge in [-0.25, -0.2) is 4.79 Å². The van der Waals surface area contributed by atoms with Crippen LogP contribution >= 0.6 is 0 Å². The summed E-state index contributed by atoms with van der Waals surface area (Å²) in [5.41, 5.74) is 0. The van der Waals surface area contributed by atoms with Crippen molar-refractivity contribution in [3.63, 3.8) is 0 Å². The van der Waals surface area contributed by atoms with Crippen molar-refractivity contribution in [3.05, 3.63) is 0 Å². The molecule has 0 aliphatic carbocycles. The number of carbonyl (C=O) groups is 2. The van der Waals surface area contributed by atoms with Crippen LogP contribution in [0.2, 0.25) is 0 Å². The third-order valence-corrected chi connectivity index (χ3v) is 3.58. The molecule has 2 saturated heterocycles. The summed E-state index contributed by atoms with van der Waals surface area (Å²) in [5, 5.41) is 8.77. The first-order valence-corrected chi connectivity index (χ1v) is 5.96. The molecule has 96 valence electrons. The molecule has 0 spiro atoms. The second-order valence-corrected chi connectivity index (χ2v) is 5.03. The van der Waals surface area contributed by atoms with Gasteiger partial charge in [-0.05, 0) is 14.0 Å². The van der Waals surface area contributed by atoms with E-state index < -0.39 is 5.97 Å². The molecule has 1 atom stereocenters. The lowest BCUT2D eigenvalue weighted by atomic mass is 10.0. The molecule has 17 heavy (non-hydrogen) atoms. The summed E-state index contributed by atoms with van der Waals surface area (Å²) < 4.78 is 0. The van der Waals surface area contributed by atoms with E-state index in [1.165, 1.54) is 0 Å². The van der Waals surface area contributed by atoms with E-state index in [0.717, 1.165) is 19.6 Å². The predicted molar refractivity (Wildman–Crippen MR) is 61.8 cm³/mol. The SMILES string of the molecule is CC1CN(C)CCN1C(=O)N1CC(C(=O)O)C1. The molecule has 1 N–H and O–H groups in total. The van der Waals surface area contributed by atoms with Gasteiger partial charge in [0.15, 0.2) is 0 Å². The van der Waals surface area contributed by atoms with Crippen molar-refractivity contribution < 1.29 is 14.7 Å². The van der Waals surface area contributed by atoms with Gasteiger partial charge in [-0.2, -0.15) is 0 Å². The fourth-order valence-electron chi connectivity index (χ4n) is 2.40. The second-order valence-electron chi connectivity index (χ2n) is 5.03. The first kappa shape index (κ1) is 12.2. The summed E-state index contributed by atoms with van der Waals surface area (Å²) in [5.74, 6) is -1.18. The van der Waals surface area contributed by atoms with Crippen LogP contribution in [0.1, 0.15) is 6.92 Å². The Morgan fingerprint density at radius 3 is 2.35 bits per heavy atom. The van der Waals surface area contributed by atoms with Crippen LogP contribution in [0.25, 0.3) is 0 Å². The minimum absolute atomic E-state index is 0.0110. The van der Waals surface area contributed by atoms with E-state index in [1.54, 1.807) is 4.90 Å². The molecule has 2 aliphatic rings. The van der Waals surface area contributed by atoms with Crippen LogP contribution in [0.3, 0.4) is 0 Å². The maximum Gasteiger partial charge on any atom is 0.320 e. The van der Waals surface area contributed by atoms with Crippen molar-refractivity contribution >= 4 is 12.0 Å². The van der Waals surface area contributed by atoms with E-state index in [0.29, 0.717) is 13.1 Å². The van der Waals surface area contributed by atoms with Gasteiger partial charge >= 0.3 is 12.0 Å². The maximum atomic E-state index is 12.1. The number of likely N-dealkylation sites (tertiary alicyclic amines) is 1. The lowest BCUT2D eigenvalue weighted by molar-refractivity contribution is -0.146. The van der Waals surface area contributed by atoms with Gasteiger partial charge in [-0.1, -0.05) is 0 Å². The van der Waals surface area contributed by atoms with Gasteiger partial charge in [0.2, 0.25) is 0 Å². The summed E-state index contributed by atoms with van der Waals surface area (Å²) in [7, 11) is 2.04. The molecule has 0 radical (unpaired) electrons. The first-order chi connectivity index (χ1) is 7.99. The zero-order valence-corrected chi connectivity index (χ0v) is 10.3. The molecule has 6 heteroatoms. The number of carbonyl (C=O) groups excluding carboxylic acids is 1. The lowest BCUT2D eigenvalue weighted by Gasteiger charge is -2.44. The number of aliphatic carboxylic acids is 1. The number of urea groups is 1. The molecule has 0 aromatic rings. The standard InChI is InChI=1S/C11H19N3O3/c1-8-5-12(2)3-4-14(8)11(17)13-6-9(7-13)10(15)16/h8-9H,3-7H2,1-2H3,(H,15,16). The quantitative estimate of drug-likeness (QED) is 0.688. The van der Waals surface area contributed by atoms with Crippen LogP contribution in [0.4, 0.5) is 4.79 Å². The molecule has 6 nitrogen and oxygen atoms in total. The molecule has 0 saturated carbocycles. The molecule has 0 aromatic carbocycles. The monoisotopic (exact) mass is 241 g/mol. The largest absolute Gasteiger partial charge is 0.481 e. The molecule has 2 amide bonds. The summed E-state index contributed by atoms with van der Waals surface area (Å²) in [6.07, 6.45) is 0. The Kier molecular flexibility index (Phi) is 3.24. The van der Waals surface area contributed by atoms with E-state index in [-0.39, 0.29) is 18.0 Å². The van der Waals surface area contributed by atoms with Crippen LogP contribution in [-0.2, 0) is 4.79 Å². The Hall–Kier alpha value is -1.30. The lowest BCUT2D eigenvalue weighted by Crippen LogP contribution is -2.62. The van der Waals surface area contributed by atoms with E-state index >= 15 is 0 Å². The van der Waals surface area contributed by atoms with Crippen molar-refractivity contribution in [2.75, 3.05) is 39.8 Å². The van der Waals surface area contributed by atoms with Gasteiger partial charge in [0.1, 0.15) is 0 Å². The summed E-state index contributed by atoms with van der Waals surface area (Å²) in [4.78, 5) is 28.5. The number of nitrogens with zero attached hydrogens (tertiary/aromatic N) is 3. The number of amides is 2. The van der Waals surface area contributed by atoms with Crippen LogP contribution < -0.4 is 0 Å². The van der Waals surface area contributed by atoms with E-state index in [4.69, 9.17) is 5.11 Å². The van der Waals surface area contributed by atoms with Crippen LogP contribution in [0.5, 0.6) is 0 Å². The molecule has 0 aromatic heterocycles.